The van der Waals surface area contributed by atoms with Crippen LogP contribution in [0.15, 0.2) is 0 Å². The van der Waals surface area contributed by atoms with Gasteiger partial charge in [0.05, 0.1) is 46.2 Å². The minimum absolute atomic E-state index is 0.0603. The van der Waals surface area contributed by atoms with Crippen molar-refractivity contribution in [3.8, 4) is 0 Å². The van der Waals surface area contributed by atoms with Gasteiger partial charge in [0.1, 0.15) is 0 Å². The van der Waals surface area contributed by atoms with E-state index >= 15 is 0 Å². The number of unbranched alkanes of at least 4 members (excludes halogenated alkanes) is 16. The van der Waals surface area contributed by atoms with Crippen molar-refractivity contribution in [1.82, 2.24) is 0 Å². The zero-order valence-electron chi connectivity index (χ0n) is 23.4. The first-order chi connectivity index (χ1) is 17.6. The van der Waals surface area contributed by atoms with E-state index in [0.717, 1.165) is 19.3 Å². The summed E-state index contributed by atoms with van der Waals surface area (Å²) in [6.45, 7) is 7.15. The van der Waals surface area contributed by atoms with Gasteiger partial charge in [0.2, 0.25) is 0 Å². The Balaban J connectivity index is 3.25. The van der Waals surface area contributed by atoms with E-state index < -0.39 is 7.82 Å². The SMILES string of the molecule is CCCCCCCCCCCCCCCCCCCOOP(=O)(O)OCCOCCOCCOCC. The predicted molar refractivity (Wildman–Crippen MR) is 145 cm³/mol. The molecule has 0 spiro atoms. The number of rotatable bonds is 31. The van der Waals surface area contributed by atoms with Crippen LogP contribution in [-0.4, -0.2) is 57.7 Å². The van der Waals surface area contributed by atoms with E-state index in [1.807, 2.05) is 6.92 Å². The molecule has 0 aliphatic heterocycles. The van der Waals surface area contributed by atoms with E-state index in [4.69, 9.17) is 23.6 Å². The van der Waals surface area contributed by atoms with Gasteiger partial charge < -0.3 is 19.1 Å². The lowest BCUT2D eigenvalue weighted by molar-refractivity contribution is -0.225. The first-order valence-corrected chi connectivity index (χ1v) is 16.1. The summed E-state index contributed by atoms with van der Waals surface area (Å²) >= 11 is 0. The van der Waals surface area contributed by atoms with Crippen LogP contribution in [0.1, 0.15) is 123 Å². The van der Waals surface area contributed by atoms with Crippen LogP contribution in [0.3, 0.4) is 0 Å². The van der Waals surface area contributed by atoms with Crippen LogP contribution < -0.4 is 0 Å². The molecule has 0 aliphatic carbocycles. The Morgan fingerprint density at radius 2 is 0.889 bits per heavy atom. The predicted octanol–water partition coefficient (Wildman–Crippen LogP) is 7.77. The van der Waals surface area contributed by atoms with Crippen LogP contribution in [0.2, 0.25) is 0 Å². The number of hydrogen-bond acceptors (Lipinski definition) is 7. The molecule has 0 amide bonds. The smallest absolute Gasteiger partial charge is 0.379 e. The van der Waals surface area contributed by atoms with Crippen LogP contribution in [0.25, 0.3) is 0 Å². The largest absolute Gasteiger partial charge is 0.499 e. The molecule has 0 fully saturated rings. The first kappa shape index (κ1) is 35.9. The Morgan fingerprint density at radius 1 is 0.500 bits per heavy atom. The maximum absolute atomic E-state index is 11.7. The van der Waals surface area contributed by atoms with Gasteiger partial charge in [-0.15, -0.1) is 4.67 Å². The lowest BCUT2D eigenvalue weighted by Gasteiger charge is -2.11. The number of phosphoric acid groups is 1. The molecule has 0 bridgehead atoms. The Labute approximate surface area is 221 Å². The van der Waals surface area contributed by atoms with E-state index in [9.17, 15) is 9.46 Å². The molecule has 9 heteroatoms. The molecular formula is C27H57O8P. The van der Waals surface area contributed by atoms with Crippen LogP contribution in [0.5, 0.6) is 0 Å². The van der Waals surface area contributed by atoms with Gasteiger partial charge in [-0.2, -0.15) is 0 Å². The van der Waals surface area contributed by atoms with Crippen LogP contribution >= 0.6 is 7.82 Å². The Hall–Kier alpha value is -0.0500. The fourth-order valence-electron chi connectivity index (χ4n) is 3.81. The molecule has 8 nitrogen and oxygen atoms in total. The standard InChI is InChI=1S/C27H57O8P/c1-3-5-6-7-8-9-10-11-12-13-14-15-16-17-18-19-20-21-33-35-36(28,29)34-27-26-32-25-24-31-23-22-30-4-2/h3-27H2,1-2H3,(H,28,29). The van der Waals surface area contributed by atoms with E-state index in [1.54, 1.807) is 0 Å². The highest BCUT2D eigenvalue weighted by molar-refractivity contribution is 7.47. The third-order valence-corrected chi connectivity index (χ3v) is 6.71. The van der Waals surface area contributed by atoms with Crippen LogP contribution in [-0.2, 0) is 32.9 Å². The molecule has 0 aromatic heterocycles. The van der Waals surface area contributed by atoms with Gasteiger partial charge in [-0.25, -0.2) is 9.45 Å². The zero-order chi connectivity index (χ0) is 26.4. The van der Waals surface area contributed by atoms with E-state index in [2.05, 4.69) is 11.6 Å². The molecule has 1 unspecified atom stereocenters. The quantitative estimate of drug-likeness (QED) is 0.0412. The lowest BCUT2D eigenvalue weighted by Crippen LogP contribution is -2.11. The van der Waals surface area contributed by atoms with Crippen molar-refractivity contribution in [2.45, 2.75) is 123 Å². The summed E-state index contributed by atoms with van der Waals surface area (Å²) in [5.74, 6) is 0. The minimum atomic E-state index is -4.21. The van der Waals surface area contributed by atoms with E-state index in [1.165, 1.54) is 89.9 Å². The number of ether oxygens (including phenoxy) is 3. The summed E-state index contributed by atoms with van der Waals surface area (Å²) in [6.07, 6.45) is 22.2. The van der Waals surface area contributed by atoms with Gasteiger partial charge in [0.25, 0.3) is 0 Å². The van der Waals surface area contributed by atoms with Crippen molar-refractivity contribution in [1.29, 1.82) is 0 Å². The highest BCUT2D eigenvalue weighted by atomic mass is 31.2. The molecule has 0 aliphatic rings. The molecular weight excluding hydrogens is 483 g/mol. The maximum atomic E-state index is 11.7. The average molecular weight is 541 g/mol. The Morgan fingerprint density at radius 3 is 1.33 bits per heavy atom. The molecule has 218 valence electrons. The summed E-state index contributed by atoms with van der Waals surface area (Å²) in [6, 6.07) is 0. The van der Waals surface area contributed by atoms with Gasteiger partial charge in [0, 0.05) is 6.61 Å². The normalized spacial score (nSPS) is 13.3. The summed E-state index contributed by atoms with van der Waals surface area (Å²) in [5, 5.41) is 0. The second-order valence-corrected chi connectivity index (χ2v) is 10.6. The molecule has 0 rings (SSSR count). The van der Waals surface area contributed by atoms with Gasteiger partial charge >= 0.3 is 7.82 Å². The minimum Gasteiger partial charge on any atom is -0.379 e. The fraction of sp³-hybridized carbons (Fsp3) is 1.00. The van der Waals surface area contributed by atoms with Crippen molar-refractivity contribution in [3.05, 3.63) is 0 Å². The highest BCUT2D eigenvalue weighted by Gasteiger charge is 2.22. The number of hydrogen-bond donors (Lipinski definition) is 1. The summed E-state index contributed by atoms with van der Waals surface area (Å²) < 4.78 is 36.8. The average Bonchev–Trinajstić information content (AvgIpc) is 2.86. The first-order valence-electron chi connectivity index (χ1n) is 14.6. The van der Waals surface area contributed by atoms with Gasteiger partial charge in [-0.1, -0.05) is 110 Å². The molecule has 0 radical (unpaired) electrons. The summed E-state index contributed by atoms with van der Waals surface area (Å²) in [4.78, 5) is 14.4. The molecule has 0 saturated heterocycles. The lowest BCUT2D eigenvalue weighted by atomic mass is 10.0. The second kappa shape index (κ2) is 29.5. The molecule has 1 N–H and O–H groups in total. The van der Waals surface area contributed by atoms with Gasteiger partial charge in [0.15, 0.2) is 0 Å². The zero-order valence-corrected chi connectivity index (χ0v) is 24.3. The maximum Gasteiger partial charge on any atom is 0.499 e. The molecule has 0 heterocycles. The van der Waals surface area contributed by atoms with Gasteiger partial charge in [-0.3, -0.25) is 4.52 Å². The molecule has 1 atom stereocenters. The van der Waals surface area contributed by atoms with Crippen molar-refractivity contribution < 1.29 is 37.8 Å². The molecule has 0 saturated carbocycles. The summed E-state index contributed by atoms with van der Waals surface area (Å²) in [7, 11) is -4.21. The van der Waals surface area contributed by atoms with E-state index in [0.29, 0.717) is 33.0 Å². The van der Waals surface area contributed by atoms with Crippen molar-refractivity contribution in [3.63, 3.8) is 0 Å². The number of phosphoric ester groups is 1. The van der Waals surface area contributed by atoms with E-state index in [-0.39, 0.29) is 19.8 Å². The van der Waals surface area contributed by atoms with Crippen molar-refractivity contribution >= 4 is 7.82 Å². The Bertz CT molecular complexity index is 467. The highest BCUT2D eigenvalue weighted by Crippen LogP contribution is 2.43. The van der Waals surface area contributed by atoms with Crippen LogP contribution in [0.4, 0.5) is 0 Å². The van der Waals surface area contributed by atoms with Crippen molar-refractivity contribution in [2.75, 3.05) is 52.9 Å². The van der Waals surface area contributed by atoms with Crippen LogP contribution in [0, 0.1) is 0 Å². The van der Waals surface area contributed by atoms with Gasteiger partial charge in [-0.05, 0) is 13.3 Å². The fourth-order valence-corrected chi connectivity index (χ4v) is 4.36. The van der Waals surface area contributed by atoms with Crippen molar-refractivity contribution in [2.24, 2.45) is 0 Å². The molecule has 0 aromatic rings. The summed E-state index contributed by atoms with van der Waals surface area (Å²) in [5.41, 5.74) is 0. The second-order valence-electron chi connectivity index (χ2n) is 9.28. The molecule has 0 aromatic carbocycles. The molecule has 36 heavy (non-hydrogen) atoms. The topological polar surface area (TPSA) is 92.7 Å². The monoisotopic (exact) mass is 540 g/mol. The third kappa shape index (κ3) is 30.2. The Kier molecular flexibility index (Phi) is 29.5. The third-order valence-electron chi connectivity index (χ3n) is 5.91.